The maximum atomic E-state index is 11.8. The van der Waals surface area contributed by atoms with Gasteiger partial charge in [0, 0.05) is 0 Å². The van der Waals surface area contributed by atoms with Crippen LogP contribution in [-0.2, 0) is 0 Å². The van der Waals surface area contributed by atoms with Crippen molar-refractivity contribution in [3.8, 4) is 17.7 Å². The Balaban J connectivity index is 3.14. The van der Waals surface area contributed by atoms with E-state index < -0.39 is 23.7 Å². The molecular weight excluding hydrogens is 215 g/mol. The van der Waals surface area contributed by atoms with Crippen molar-refractivity contribution in [1.82, 2.24) is 4.98 Å². The number of halogens is 3. The van der Waals surface area contributed by atoms with Crippen molar-refractivity contribution in [2.45, 2.75) is 6.36 Å². The van der Waals surface area contributed by atoms with Crippen molar-refractivity contribution in [1.29, 1.82) is 5.26 Å². The number of hydrogen-bond donors (Lipinski definition) is 2. The van der Waals surface area contributed by atoms with Crippen molar-refractivity contribution < 1.29 is 23.0 Å². The van der Waals surface area contributed by atoms with Crippen LogP contribution in [0.25, 0.3) is 0 Å². The van der Waals surface area contributed by atoms with E-state index in [1.54, 1.807) is 6.07 Å². The van der Waals surface area contributed by atoms with Crippen LogP contribution in [0.1, 0.15) is 5.56 Å². The molecule has 3 N–H and O–H groups in total. The molecule has 0 aromatic carbocycles. The average molecular weight is 219 g/mol. The van der Waals surface area contributed by atoms with Gasteiger partial charge in [-0.2, -0.15) is 5.26 Å². The van der Waals surface area contributed by atoms with Gasteiger partial charge in [-0.1, -0.05) is 0 Å². The summed E-state index contributed by atoms with van der Waals surface area (Å²) in [4.78, 5) is 3.10. The number of pyridine rings is 1. The largest absolute Gasteiger partial charge is 0.574 e. The molecule has 1 aromatic heterocycles. The summed E-state index contributed by atoms with van der Waals surface area (Å²) in [5.74, 6) is -2.09. The van der Waals surface area contributed by atoms with Crippen molar-refractivity contribution in [2.75, 3.05) is 5.73 Å². The minimum absolute atomic E-state index is 0.234. The highest BCUT2D eigenvalue weighted by atomic mass is 19.4. The highest BCUT2D eigenvalue weighted by Crippen LogP contribution is 2.35. The topological polar surface area (TPSA) is 92.2 Å². The van der Waals surface area contributed by atoms with E-state index in [-0.39, 0.29) is 5.56 Å². The number of nitrogen functional groups attached to an aromatic ring is 1. The molecule has 15 heavy (non-hydrogen) atoms. The third kappa shape index (κ3) is 2.40. The molecule has 0 atom stereocenters. The van der Waals surface area contributed by atoms with E-state index >= 15 is 0 Å². The Hall–Kier alpha value is -2.17. The van der Waals surface area contributed by atoms with Crippen LogP contribution in [0.4, 0.5) is 18.9 Å². The molecule has 0 spiro atoms. The summed E-state index contributed by atoms with van der Waals surface area (Å²) in [6, 6.07) is 1.54. The third-order valence-corrected chi connectivity index (χ3v) is 1.39. The van der Waals surface area contributed by atoms with Gasteiger partial charge in [0.25, 0.3) is 5.88 Å². The zero-order valence-electron chi connectivity index (χ0n) is 7.04. The molecule has 0 aliphatic heterocycles. The molecule has 0 aliphatic rings. The maximum Gasteiger partial charge on any atom is 0.574 e. The summed E-state index contributed by atoms with van der Waals surface area (Å²) in [5, 5.41) is 17.5. The van der Waals surface area contributed by atoms with Crippen LogP contribution in [0.5, 0.6) is 11.6 Å². The van der Waals surface area contributed by atoms with Crippen LogP contribution in [0, 0.1) is 11.3 Å². The number of anilines is 1. The predicted molar refractivity (Wildman–Crippen MR) is 41.7 cm³/mol. The van der Waals surface area contributed by atoms with Gasteiger partial charge in [-0.3, -0.25) is 0 Å². The Morgan fingerprint density at radius 2 is 2.13 bits per heavy atom. The van der Waals surface area contributed by atoms with Gasteiger partial charge in [0.15, 0.2) is 0 Å². The van der Waals surface area contributed by atoms with Crippen molar-refractivity contribution in [2.24, 2.45) is 0 Å². The van der Waals surface area contributed by atoms with Crippen LogP contribution in [0.2, 0.25) is 0 Å². The van der Waals surface area contributed by atoms with Crippen molar-refractivity contribution in [3.63, 3.8) is 0 Å². The van der Waals surface area contributed by atoms with E-state index in [0.717, 1.165) is 6.20 Å². The predicted octanol–water partition coefficient (Wildman–Crippen LogP) is 1.14. The van der Waals surface area contributed by atoms with E-state index in [0.29, 0.717) is 0 Å². The first kappa shape index (κ1) is 10.9. The number of nitrogens with two attached hydrogens (primary N) is 1. The minimum Gasteiger partial charge on any atom is -0.502 e. The third-order valence-electron chi connectivity index (χ3n) is 1.39. The highest BCUT2D eigenvalue weighted by Gasteiger charge is 2.33. The molecule has 0 fully saturated rings. The van der Waals surface area contributed by atoms with E-state index in [2.05, 4.69) is 9.72 Å². The van der Waals surface area contributed by atoms with E-state index in [4.69, 9.17) is 16.1 Å². The summed E-state index contributed by atoms with van der Waals surface area (Å²) in [6.07, 6.45) is -4.21. The lowest BCUT2D eigenvalue weighted by Gasteiger charge is -2.10. The molecule has 0 radical (unpaired) electrons. The zero-order chi connectivity index (χ0) is 11.6. The van der Waals surface area contributed by atoms with Gasteiger partial charge in [-0.15, -0.1) is 13.2 Å². The number of hydrogen-bond acceptors (Lipinski definition) is 5. The molecule has 1 aromatic rings. The number of nitriles is 1. The first-order valence-electron chi connectivity index (χ1n) is 3.48. The van der Waals surface area contributed by atoms with Crippen LogP contribution in [0.3, 0.4) is 0 Å². The fourth-order valence-corrected chi connectivity index (χ4v) is 0.770. The standard InChI is InChI=1S/C7H4F3N3O2/c8-7(9,10)15-6-5(14)4(12)3(1-11)2-13-6/h2,14H,(H2,12,13). The Bertz CT molecular complexity index is 425. The number of aromatic nitrogens is 1. The second kappa shape index (κ2) is 3.53. The average Bonchev–Trinajstić information content (AvgIpc) is 2.11. The first-order chi connectivity index (χ1) is 6.85. The summed E-state index contributed by atoms with van der Waals surface area (Å²) < 4.78 is 38.6. The molecule has 80 valence electrons. The number of aromatic hydroxyl groups is 1. The molecule has 0 saturated heterocycles. The SMILES string of the molecule is N#Cc1cnc(OC(F)(F)F)c(O)c1N. The molecule has 1 rings (SSSR count). The lowest BCUT2D eigenvalue weighted by molar-refractivity contribution is -0.276. The Kier molecular flexibility index (Phi) is 2.57. The number of nitrogens with zero attached hydrogens (tertiary/aromatic N) is 2. The van der Waals surface area contributed by atoms with Gasteiger partial charge in [0.05, 0.1) is 17.4 Å². The van der Waals surface area contributed by atoms with E-state index in [9.17, 15) is 13.2 Å². The smallest absolute Gasteiger partial charge is 0.502 e. The number of ether oxygens (including phenoxy) is 1. The Labute approximate surface area is 81.5 Å². The second-order valence-corrected chi connectivity index (χ2v) is 2.40. The van der Waals surface area contributed by atoms with Crippen molar-refractivity contribution >= 4 is 5.69 Å². The Morgan fingerprint density at radius 1 is 1.53 bits per heavy atom. The summed E-state index contributed by atoms with van der Waals surface area (Å²) in [5.41, 5.74) is 4.41. The Morgan fingerprint density at radius 3 is 2.60 bits per heavy atom. The summed E-state index contributed by atoms with van der Waals surface area (Å²) in [7, 11) is 0. The molecule has 8 heteroatoms. The maximum absolute atomic E-state index is 11.8. The lowest BCUT2D eigenvalue weighted by atomic mass is 10.2. The van der Waals surface area contributed by atoms with Crippen LogP contribution in [-0.4, -0.2) is 16.5 Å². The van der Waals surface area contributed by atoms with Gasteiger partial charge < -0.3 is 15.6 Å². The van der Waals surface area contributed by atoms with Crippen LogP contribution < -0.4 is 10.5 Å². The molecule has 0 amide bonds. The molecule has 0 unspecified atom stereocenters. The summed E-state index contributed by atoms with van der Waals surface area (Å²) in [6.45, 7) is 0. The zero-order valence-corrected chi connectivity index (χ0v) is 7.04. The first-order valence-corrected chi connectivity index (χ1v) is 3.48. The lowest BCUT2D eigenvalue weighted by Crippen LogP contribution is -2.18. The van der Waals surface area contributed by atoms with E-state index in [1.165, 1.54) is 0 Å². The van der Waals surface area contributed by atoms with Gasteiger partial charge >= 0.3 is 6.36 Å². The quantitative estimate of drug-likeness (QED) is 0.738. The molecule has 0 bridgehead atoms. The van der Waals surface area contributed by atoms with Gasteiger partial charge in [-0.05, 0) is 0 Å². The van der Waals surface area contributed by atoms with Crippen LogP contribution in [0.15, 0.2) is 6.20 Å². The monoisotopic (exact) mass is 219 g/mol. The molecular formula is C7H4F3N3O2. The normalized spacial score (nSPS) is 10.8. The highest BCUT2D eigenvalue weighted by molar-refractivity contribution is 5.65. The molecule has 0 aliphatic carbocycles. The second-order valence-electron chi connectivity index (χ2n) is 2.40. The molecule has 5 nitrogen and oxygen atoms in total. The molecule has 1 heterocycles. The van der Waals surface area contributed by atoms with Gasteiger partial charge in [0.2, 0.25) is 5.75 Å². The van der Waals surface area contributed by atoms with Crippen LogP contribution >= 0.6 is 0 Å². The van der Waals surface area contributed by atoms with E-state index in [1.807, 2.05) is 0 Å². The number of alkyl halides is 3. The fraction of sp³-hybridized carbons (Fsp3) is 0.143. The molecule has 0 saturated carbocycles. The summed E-state index contributed by atoms with van der Waals surface area (Å²) >= 11 is 0. The number of rotatable bonds is 1. The van der Waals surface area contributed by atoms with Gasteiger partial charge in [0.1, 0.15) is 6.07 Å². The van der Waals surface area contributed by atoms with Crippen molar-refractivity contribution in [3.05, 3.63) is 11.8 Å². The fourth-order valence-electron chi connectivity index (χ4n) is 0.770. The minimum atomic E-state index is -4.98. The van der Waals surface area contributed by atoms with Gasteiger partial charge in [-0.25, -0.2) is 4.98 Å².